The van der Waals surface area contributed by atoms with Crippen LogP contribution in [0.3, 0.4) is 0 Å². The molecule has 2 aromatic rings. The van der Waals surface area contributed by atoms with Gasteiger partial charge < -0.3 is 10.2 Å². The van der Waals surface area contributed by atoms with E-state index in [1.54, 1.807) is 6.07 Å². The third-order valence-corrected chi connectivity index (χ3v) is 5.56. The quantitative estimate of drug-likeness (QED) is 0.794. The Morgan fingerprint density at radius 1 is 1.04 bits per heavy atom. The number of nitrogens with zero attached hydrogens (tertiary/aromatic N) is 1. The van der Waals surface area contributed by atoms with Crippen LogP contribution < -0.4 is 5.32 Å². The first-order valence-electron chi connectivity index (χ1n) is 8.67. The predicted molar refractivity (Wildman–Crippen MR) is 106 cm³/mol. The Hall–Kier alpha value is -1.98. The van der Waals surface area contributed by atoms with E-state index in [1.165, 1.54) is 25.1 Å². The van der Waals surface area contributed by atoms with E-state index in [-0.39, 0.29) is 11.8 Å². The van der Waals surface area contributed by atoms with E-state index in [1.807, 2.05) is 41.3 Å². The summed E-state index contributed by atoms with van der Waals surface area (Å²) in [6.07, 6.45) is 3.28. The number of piperidine rings is 1. The fourth-order valence-corrected chi connectivity index (χ4v) is 3.96. The smallest absolute Gasteiger partial charge is 0.253 e. The summed E-state index contributed by atoms with van der Waals surface area (Å²) in [5.41, 5.74) is 1.26. The molecule has 1 heterocycles. The van der Waals surface area contributed by atoms with Gasteiger partial charge in [0.2, 0.25) is 5.91 Å². The lowest BCUT2D eigenvalue weighted by atomic mass is 10.1. The van der Waals surface area contributed by atoms with Gasteiger partial charge in [-0.2, -0.15) is 0 Å². The van der Waals surface area contributed by atoms with Crippen molar-refractivity contribution in [1.82, 2.24) is 4.90 Å². The average Bonchev–Trinajstić information content (AvgIpc) is 2.64. The highest BCUT2D eigenvalue weighted by Gasteiger charge is 2.19. The van der Waals surface area contributed by atoms with Crippen LogP contribution in [0.5, 0.6) is 0 Å². The standard InChI is InChI=1S/C20H21ClN2O2S/c1-14(24)22-18-13-15(20(25)23-11-3-2-4-12-23)5-10-19(18)26-17-8-6-16(21)7-9-17/h5-10,13H,2-4,11-12H2,1H3,(H,22,24). The highest BCUT2D eigenvalue weighted by atomic mass is 35.5. The summed E-state index contributed by atoms with van der Waals surface area (Å²) in [5.74, 6) is -0.134. The molecule has 3 rings (SSSR count). The second-order valence-corrected chi connectivity index (χ2v) is 7.85. The van der Waals surface area contributed by atoms with E-state index in [2.05, 4.69) is 5.32 Å². The van der Waals surface area contributed by atoms with Crippen molar-refractivity contribution in [1.29, 1.82) is 0 Å². The van der Waals surface area contributed by atoms with E-state index >= 15 is 0 Å². The number of amides is 2. The molecule has 26 heavy (non-hydrogen) atoms. The maximum Gasteiger partial charge on any atom is 0.253 e. The summed E-state index contributed by atoms with van der Waals surface area (Å²) in [7, 11) is 0. The van der Waals surface area contributed by atoms with Crippen LogP contribution in [-0.2, 0) is 4.79 Å². The molecule has 0 saturated carbocycles. The predicted octanol–water partition coefficient (Wildman–Crippen LogP) is 5.08. The summed E-state index contributed by atoms with van der Waals surface area (Å²) in [4.78, 5) is 28.1. The number of nitrogens with one attached hydrogen (secondary N) is 1. The van der Waals surface area contributed by atoms with Crippen LogP contribution in [0.15, 0.2) is 52.3 Å². The molecule has 4 nitrogen and oxygen atoms in total. The number of likely N-dealkylation sites (tertiary alicyclic amines) is 1. The highest BCUT2D eigenvalue weighted by Crippen LogP contribution is 2.35. The molecule has 2 aromatic carbocycles. The maximum atomic E-state index is 12.7. The first-order valence-corrected chi connectivity index (χ1v) is 9.87. The molecule has 6 heteroatoms. The fraction of sp³-hybridized carbons (Fsp3) is 0.300. The summed E-state index contributed by atoms with van der Waals surface area (Å²) in [5, 5.41) is 3.53. The number of carbonyl (C=O) groups is 2. The van der Waals surface area contributed by atoms with Gasteiger partial charge in [0.15, 0.2) is 0 Å². The molecule has 136 valence electrons. The van der Waals surface area contributed by atoms with Crippen molar-refractivity contribution in [2.75, 3.05) is 18.4 Å². The van der Waals surface area contributed by atoms with Crippen molar-refractivity contribution in [3.8, 4) is 0 Å². The molecule has 0 aliphatic carbocycles. The molecule has 0 radical (unpaired) electrons. The first-order chi connectivity index (χ1) is 12.5. The van der Waals surface area contributed by atoms with Crippen molar-refractivity contribution in [2.45, 2.75) is 36.0 Å². The van der Waals surface area contributed by atoms with Gasteiger partial charge in [0.25, 0.3) is 5.91 Å². The van der Waals surface area contributed by atoms with Gasteiger partial charge in [0, 0.05) is 40.4 Å². The number of rotatable bonds is 4. The zero-order chi connectivity index (χ0) is 18.5. The topological polar surface area (TPSA) is 49.4 Å². The molecule has 1 aliphatic rings. The SMILES string of the molecule is CC(=O)Nc1cc(C(=O)N2CCCCC2)ccc1Sc1ccc(Cl)cc1. The van der Waals surface area contributed by atoms with E-state index in [0.717, 1.165) is 35.7 Å². The van der Waals surface area contributed by atoms with Crippen LogP contribution in [-0.4, -0.2) is 29.8 Å². The molecule has 0 unspecified atom stereocenters. The molecular weight excluding hydrogens is 368 g/mol. The Kier molecular flexibility index (Phi) is 6.22. The van der Waals surface area contributed by atoms with Gasteiger partial charge in [-0.1, -0.05) is 23.4 Å². The van der Waals surface area contributed by atoms with Crippen LogP contribution in [0, 0.1) is 0 Å². The van der Waals surface area contributed by atoms with Gasteiger partial charge in [0.1, 0.15) is 0 Å². The molecule has 1 N–H and O–H groups in total. The first kappa shape index (κ1) is 18.8. The fourth-order valence-electron chi connectivity index (χ4n) is 2.95. The average molecular weight is 389 g/mol. The number of halogens is 1. The number of hydrogen-bond donors (Lipinski definition) is 1. The van der Waals surface area contributed by atoms with E-state index < -0.39 is 0 Å². The van der Waals surface area contributed by atoms with Crippen LogP contribution in [0.2, 0.25) is 5.02 Å². The summed E-state index contributed by atoms with van der Waals surface area (Å²) < 4.78 is 0. The molecule has 1 saturated heterocycles. The third kappa shape index (κ3) is 4.80. The summed E-state index contributed by atoms with van der Waals surface area (Å²) in [6.45, 7) is 3.07. The Balaban J connectivity index is 1.86. The Morgan fingerprint density at radius 2 is 1.73 bits per heavy atom. The second-order valence-electron chi connectivity index (χ2n) is 6.30. The van der Waals surface area contributed by atoms with Crippen LogP contribution in [0.25, 0.3) is 0 Å². The maximum absolute atomic E-state index is 12.7. The zero-order valence-electron chi connectivity index (χ0n) is 14.6. The largest absolute Gasteiger partial charge is 0.339 e. The normalized spacial score (nSPS) is 14.2. The number of benzene rings is 2. The van der Waals surface area contributed by atoms with Gasteiger partial charge in [0.05, 0.1) is 5.69 Å². The van der Waals surface area contributed by atoms with Gasteiger partial charge in [-0.05, 0) is 61.7 Å². The van der Waals surface area contributed by atoms with E-state index in [9.17, 15) is 9.59 Å². The molecule has 1 aliphatic heterocycles. The van der Waals surface area contributed by atoms with Crippen molar-refractivity contribution in [2.24, 2.45) is 0 Å². The van der Waals surface area contributed by atoms with Gasteiger partial charge in [-0.3, -0.25) is 9.59 Å². The lowest BCUT2D eigenvalue weighted by Gasteiger charge is -2.27. The minimum absolute atomic E-state index is 0.0272. The molecule has 1 fully saturated rings. The molecule has 0 spiro atoms. The van der Waals surface area contributed by atoms with E-state index in [0.29, 0.717) is 16.3 Å². The minimum atomic E-state index is -0.162. The van der Waals surface area contributed by atoms with Crippen LogP contribution in [0.1, 0.15) is 36.5 Å². The lowest BCUT2D eigenvalue weighted by molar-refractivity contribution is -0.114. The molecule has 0 atom stereocenters. The van der Waals surface area contributed by atoms with Crippen molar-refractivity contribution in [3.63, 3.8) is 0 Å². The van der Waals surface area contributed by atoms with Crippen LogP contribution in [0.4, 0.5) is 5.69 Å². The molecule has 0 aromatic heterocycles. The second kappa shape index (κ2) is 8.60. The van der Waals surface area contributed by atoms with Crippen molar-refractivity contribution < 1.29 is 9.59 Å². The van der Waals surface area contributed by atoms with Gasteiger partial charge in [-0.15, -0.1) is 0 Å². The third-order valence-electron chi connectivity index (χ3n) is 4.22. The van der Waals surface area contributed by atoms with Crippen molar-refractivity contribution in [3.05, 3.63) is 53.1 Å². The van der Waals surface area contributed by atoms with Gasteiger partial charge in [-0.25, -0.2) is 0 Å². The van der Waals surface area contributed by atoms with Crippen molar-refractivity contribution >= 4 is 40.9 Å². The molecule has 2 amide bonds. The number of hydrogen-bond acceptors (Lipinski definition) is 3. The summed E-state index contributed by atoms with van der Waals surface area (Å²) >= 11 is 7.46. The monoisotopic (exact) mass is 388 g/mol. The number of carbonyl (C=O) groups excluding carboxylic acids is 2. The van der Waals surface area contributed by atoms with E-state index in [4.69, 9.17) is 11.6 Å². The number of anilines is 1. The highest BCUT2D eigenvalue weighted by molar-refractivity contribution is 7.99. The Labute approximate surface area is 162 Å². The van der Waals surface area contributed by atoms with Crippen LogP contribution >= 0.6 is 23.4 Å². The van der Waals surface area contributed by atoms with Gasteiger partial charge >= 0.3 is 0 Å². The molecule has 0 bridgehead atoms. The molecular formula is C20H21ClN2O2S. The summed E-state index contributed by atoms with van der Waals surface area (Å²) in [6, 6.07) is 13.0. The lowest BCUT2D eigenvalue weighted by Crippen LogP contribution is -2.35. The Morgan fingerprint density at radius 3 is 2.38 bits per heavy atom. The Bertz CT molecular complexity index is 802. The minimum Gasteiger partial charge on any atom is -0.339 e. The zero-order valence-corrected chi connectivity index (χ0v) is 16.2.